The molecule has 1 aromatic heterocycles. The maximum absolute atomic E-state index is 11.5. The summed E-state index contributed by atoms with van der Waals surface area (Å²) in [6.07, 6.45) is 1.68. The van der Waals surface area contributed by atoms with Crippen molar-refractivity contribution in [2.45, 2.75) is 20.8 Å². The van der Waals surface area contributed by atoms with Crippen LogP contribution in [0.25, 0.3) is 11.6 Å². The van der Waals surface area contributed by atoms with Gasteiger partial charge in [-0.1, -0.05) is 30.3 Å². The highest BCUT2D eigenvalue weighted by molar-refractivity contribution is 7.11. The minimum absolute atomic E-state index is 0.291. The summed E-state index contributed by atoms with van der Waals surface area (Å²) in [6, 6.07) is 15.3. The Morgan fingerprint density at radius 2 is 1.69 bits per heavy atom. The molecule has 0 aliphatic carbocycles. The Kier molecular flexibility index (Phi) is 5.24. The maximum Gasteiger partial charge on any atom is 0.337 e. The lowest BCUT2D eigenvalue weighted by Gasteiger charge is -2.13. The number of benzene rings is 2. The highest BCUT2D eigenvalue weighted by atomic mass is 32.1. The molecule has 0 atom stereocenters. The van der Waals surface area contributed by atoms with E-state index in [2.05, 4.69) is 26.0 Å². The van der Waals surface area contributed by atoms with Gasteiger partial charge in [-0.3, -0.25) is 0 Å². The molecule has 2 aromatic carbocycles. The molecule has 0 saturated carbocycles. The average molecular weight is 364 g/mol. The van der Waals surface area contributed by atoms with Gasteiger partial charge in [0.1, 0.15) is 11.5 Å². The molecule has 132 valence electrons. The Labute approximate surface area is 157 Å². The van der Waals surface area contributed by atoms with E-state index >= 15 is 0 Å². The zero-order valence-electron chi connectivity index (χ0n) is 14.9. The molecule has 0 fully saturated rings. The minimum Gasteiger partial charge on any atom is -0.478 e. The molecule has 0 radical (unpaired) electrons. The Hall–Kier alpha value is -2.85. The summed E-state index contributed by atoms with van der Waals surface area (Å²) in [6.45, 7) is 6.14. The number of carboxylic acid groups (broad SMARTS) is 1. The van der Waals surface area contributed by atoms with Gasteiger partial charge < -0.3 is 9.84 Å². The number of hydrogen-bond donors (Lipinski definition) is 1. The van der Waals surface area contributed by atoms with E-state index in [0.717, 1.165) is 33.1 Å². The first-order valence-corrected chi connectivity index (χ1v) is 9.17. The van der Waals surface area contributed by atoms with E-state index in [4.69, 9.17) is 4.74 Å². The van der Waals surface area contributed by atoms with Crippen molar-refractivity contribution in [2.24, 2.45) is 0 Å². The van der Waals surface area contributed by atoms with Crippen LogP contribution in [0.3, 0.4) is 0 Å². The summed E-state index contributed by atoms with van der Waals surface area (Å²) in [4.78, 5) is 12.3. The lowest BCUT2D eigenvalue weighted by atomic mass is 10.1. The normalized spacial score (nSPS) is 11.4. The van der Waals surface area contributed by atoms with Gasteiger partial charge in [0.15, 0.2) is 0 Å². The molecule has 0 aliphatic rings. The Morgan fingerprint density at radius 3 is 2.31 bits per heavy atom. The van der Waals surface area contributed by atoms with Gasteiger partial charge in [-0.2, -0.15) is 0 Å². The fourth-order valence-corrected chi connectivity index (χ4v) is 3.40. The van der Waals surface area contributed by atoms with Crippen LogP contribution in [0.4, 0.5) is 0 Å². The maximum atomic E-state index is 11.5. The van der Waals surface area contributed by atoms with Crippen LogP contribution >= 0.6 is 11.3 Å². The third-order valence-corrected chi connectivity index (χ3v) is 5.20. The van der Waals surface area contributed by atoms with Crippen LogP contribution < -0.4 is 4.74 Å². The summed E-state index contributed by atoms with van der Waals surface area (Å²) < 4.78 is 6.07. The molecule has 0 bridgehead atoms. The minimum atomic E-state index is -0.932. The molecule has 0 amide bonds. The molecule has 4 heteroatoms. The van der Waals surface area contributed by atoms with Crippen molar-refractivity contribution in [1.82, 2.24) is 0 Å². The number of ether oxygens (including phenoxy) is 1. The molecule has 1 N–H and O–H groups in total. The van der Waals surface area contributed by atoms with Crippen molar-refractivity contribution < 1.29 is 14.6 Å². The first-order chi connectivity index (χ1) is 12.5. The van der Waals surface area contributed by atoms with Gasteiger partial charge in [0, 0.05) is 4.88 Å². The van der Waals surface area contributed by atoms with Crippen molar-refractivity contribution in [3.63, 3.8) is 0 Å². The largest absolute Gasteiger partial charge is 0.478 e. The predicted octanol–water partition coefficient (Wildman–Crippen LogP) is 6.09. The number of carbonyl (C=O) groups is 1. The zero-order chi connectivity index (χ0) is 18.7. The Balaban J connectivity index is 1.86. The lowest BCUT2D eigenvalue weighted by Crippen LogP contribution is -1.97. The molecular formula is C22H20O3S. The third kappa shape index (κ3) is 3.86. The van der Waals surface area contributed by atoms with Crippen LogP contribution in [0.2, 0.25) is 0 Å². The Morgan fingerprint density at radius 1 is 1.00 bits per heavy atom. The lowest BCUT2D eigenvalue weighted by molar-refractivity contribution is -0.130. The molecule has 0 unspecified atom stereocenters. The number of aryl methyl sites for hydroxylation is 2. The van der Waals surface area contributed by atoms with E-state index in [1.54, 1.807) is 6.08 Å². The van der Waals surface area contributed by atoms with Crippen LogP contribution in [0, 0.1) is 20.8 Å². The highest BCUT2D eigenvalue weighted by Gasteiger charge is 2.12. The van der Waals surface area contributed by atoms with E-state index in [9.17, 15) is 9.90 Å². The second-order valence-corrected chi connectivity index (χ2v) is 7.11. The van der Waals surface area contributed by atoms with Crippen LogP contribution in [-0.4, -0.2) is 11.1 Å². The van der Waals surface area contributed by atoms with Crippen LogP contribution in [0.5, 0.6) is 11.5 Å². The van der Waals surface area contributed by atoms with Crippen molar-refractivity contribution in [3.05, 3.63) is 81.0 Å². The summed E-state index contributed by atoms with van der Waals surface area (Å²) in [5.41, 5.74) is 4.51. The second-order valence-electron chi connectivity index (χ2n) is 6.17. The molecule has 0 saturated heterocycles. The standard InChI is InChI=1S/C22H20O3S/c1-14-6-7-15(2)21(16(14)3)25-18-10-8-17(9-11-18)13-19(22(23)24)20-5-4-12-26-20/h4-13H,1-3H3,(H,23,24)/b19-13+. The van der Waals surface area contributed by atoms with E-state index in [0.29, 0.717) is 5.57 Å². The first kappa shape index (κ1) is 18.0. The van der Waals surface area contributed by atoms with E-state index < -0.39 is 5.97 Å². The number of aliphatic carboxylic acids is 1. The van der Waals surface area contributed by atoms with Crippen molar-refractivity contribution in [2.75, 3.05) is 0 Å². The fourth-order valence-electron chi connectivity index (χ4n) is 2.67. The summed E-state index contributed by atoms with van der Waals surface area (Å²) in [5.74, 6) is 0.670. The smallest absolute Gasteiger partial charge is 0.337 e. The van der Waals surface area contributed by atoms with Gasteiger partial charge in [0.2, 0.25) is 0 Å². The van der Waals surface area contributed by atoms with Crippen molar-refractivity contribution in [3.8, 4) is 11.5 Å². The number of carboxylic acids is 1. The van der Waals surface area contributed by atoms with Gasteiger partial charge >= 0.3 is 5.97 Å². The van der Waals surface area contributed by atoms with Crippen LogP contribution in [0.15, 0.2) is 53.9 Å². The topological polar surface area (TPSA) is 46.5 Å². The third-order valence-electron chi connectivity index (χ3n) is 4.30. The molecule has 0 aliphatic heterocycles. The predicted molar refractivity (Wildman–Crippen MR) is 107 cm³/mol. The van der Waals surface area contributed by atoms with Gasteiger partial charge in [-0.25, -0.2) is 4.79 Å². The zero-order valence-corrected chi connectivity index (χ0v) is 15.8. The fraction of sp³-hybridized carbons (Fsp3) is 0.136. The first-order valence-electron chi connectivity index (χ1n) is 8.29. The average Bonchev–Trinajstić information content (AvgIpc) is 3.15. The summed E-state index contributed by atoms with van der Waals surface area (Å²) >= 11 is 1.41. The summed E-state index contributed by atoms with van der Waals surface area (Å²) in [7, 11) is 0. The second kappa shape index (κ2) is 7.58. The van der Waals surface area contributed by atoms with Gasteiger partial charge in [-0.05, 0) is 72.7 Å². The molecule has 26 heavy (non-hydrogen) atoms. The van der Waals surface area contributed by atoms with E-state index in [1.165, 1.54) is 16.9 Å². The van der Waals surface area contributed by atoms with Gasteiger partial charge in [-0.15, -0.1) is 11.3 Å². The summed E-state index contributed by atoms with van der Waals surface area (Å²) in [5, 5.41) is 11.3. The van der Waals surface area contributed by atoms with E-state index in [1.807, 2.05) is 48.7 Å². The quantitative estimate of drug-likeness (QED) is 0.557. The SMILES string of the molecule is Cc1ccc(C)c(Oc2ccc(/C=C(/C(=O)O)c3cccs3)cc2)c1C. The van der Waals surface area contributed by atoms with Crippen molar-refractivity contribution >= 4 is 29.0 Å². The number of thiophene rings is 1. The monoisotopic (exact) mass is 364 g/mol. The molecular weight excluding hydrogens is 344 g/mol. The molecule has 3 rings (SSSR count). The van der Waals surface area contributed by atoms with Gasteiger partial charge in [0.25, 0.3) is 0 Å². The highest BCUT2D eigenvalue weighted by Crippen LogP contribution is 2.31. The molecule has 1 heterocycles. The Bertz CT molecular complexity index is 952. The molecule has 3 aromatic rings. The number of hydrogen-bond acceptors (Lipinski definition) is 3. The van der Waals surface area contributed by atoms with Crippen LogP contribution in [-0.2, 0) is 4.79 Å². The molecule has 3 nitrogen and oxygen atoms in total. The van der Waals surface area contributed by atoms with Gasteiger partial charge in [0.05, 0.1) is 5.57 Å². The number of rotatable bonds is 5. The molecule has 0 spiro atoms. The van der Waals surface area contributed by atoms with Crippen LogP contribution in [0.1, 0.15) is 27.1 Å². The van der Waals surface area contributed by atoms with Crippen molar-refractivity contribution in [1.29, 1.82) is 0 Å². The van der Waals surface area contributed by atoms with E-state index in [-0.39, 0.29) is 0 Å².